The Kier molecular flexibility index (Phi) is 20.2. The largest absolute Gasteiger partial charge is 0.477 e. The van der Waals surface area contributed by atoms with Gasteiger partial charge in [0.25, 0.3) is 0 Å². The van der Waals surface area contributed by atoms with Gasteiger partial charge < -0.3 is 30.9 Å². The number of nitrogens with two attached hydrogens (primary N) is 1. The number of ketones is 2. The summed E-state index contributed by atoms with van der Waals surface area (Å²) in [5, 5.41) is 73.9. The van der Waals surface area contributed by atoms with Gasteiger partial charge in [0.2, 0.25) is 17.5 Å². The Labute approximate surface area is 476 Å². The van der Waals surface area contributed by atoms with Crippen LogP contribution in [0, 0.1) is 50.4 Å². The zero-order valence-corrected chi connectivity index (χ0v) is 46.4. The molecular weight excluding hydrogens is 1090 g/mol. The summed E-state index contributed by atoms with van der Waals surface area (Å²) in [6.07, 6.45) is 13.9. The number of aryl methyl sites for hydroxylation is 8. The van der Waals surface area contributed by atoms with E-state index >= 15 is 0 Å². The molecule has 0 saturated heterocycles. The summed E-state index contributed by atoms with van der Waals surface area (Å²) in [6.45, 7) is 6.10. The molecule has 0 aliphatic rings. The van der Waals surface area contributed by atoms with Crippen LogP contribution in [0.5, 0.6) is 0 Å². The molecule has 0 radical (unpaired) electrons. The van der Waals surface area contributed by atoms with Gasteiger partial charge in [0.05, 0.1) is 116 Å². The van der Waals surface area contributed by atoms with Crippen molar-refractivity contribution in [1.29, 1.82) is 10.5 Å². The van der Waals surface area contributed by atoms with Crippen LogP contribution in [0.2, 0.25) is 0 Å². The second kappa shape index (κ2) is 27.5. The molecule has 30 heteroatoms. The van der Waals surface area contributed by atoms with Crippen LogP contribution in [0.1, 0.15) is 86.2 Å². The molecule has 0 saturated carbocycles. The molecule has 84 heavy (non-hydrogen) atoms. The number of hydrogen-bond donors (Lipinski definition) is 5. The first-order valence-corrected chi connectivity index (χ1v) is 24.4. The number of pyridine rings is 3. The third kappa shape index (κ3) is 14.0. The SMILES string of the molecule is COC(=O)c1ccn2nc(N)nc2c1.Cc1cnc(C)c(-c2cnn(C)c2C(=O)CO)n1.Cc1cnc(C)c(-c2cnn(C)c2C(=O)O)n1.Cn1ncc(-c2ncccc2C#N)c1C(=O)CO.Cn1ncc(-c2ncccc2C#N)c1C(=O)O. The first-order chi connectivity index (χ1) is 40.1. The summed E-state index contributed by atoms with van der Waals surface area (Å²) in [6, 6.07) is 13.6. The number of anilines is 1. The lowest BCUT2D eigenvalue weighted by molar-refractivity contribution is 0.0598. The zero-order chi connectivity index (χ0) is 61.5. The number of rotatable bonds is 11. The van der Waals surface area contributed by atoms with Crippen LogP contribution in [0.4, 0.5) is 5.95 Å². The molecule has 0 fully saturated rings. The topological polar surface area (TPSA) is 428 Å². The van der Waals surface area contributed by atoms with Gasteiger partial charge in [0, 0.05) is 59.2 Å². The van der Waals surface area contributed by atoms with Crippen LogP contribution in [0.3, 0.4) is 0 Å². The predicted molar refractivity (Wildman–Crippen MR) is 295 cm³/mol. The van der Waals surface area contributed by atoms with Gasteiger partial charge in [-0.2, -0.15) is 35.9 Å². The van der Waals surface area contributed by atoms with Gasteiger partial charge in [-0.25, -0.2) is 28.9 Å². The summed E-state index contributed by atoms with van der Waals surface area (Å²) in [4.78, 5) is 86.0. The smallest absolute Gasteiger partial charge is 0.354 e. The number of ether oxygens (including phenoxy) is 1. The Morgan fingerprint density at radius 1 is 0.571 bits per heavy atom. The maximum absolute atomic E-state index is 11.7. The molecule has 10 aromatic heterocycles. The first-order valence-electron chi connectivity index (χ1n) is 24.4. The Morgan fingerprint density at radius 3 is 1.36 bits per heavy atom. The van der Waals surface area contributed by atoms with Crippen molar-refractivity contribution in [1.82, 2.24) is 83.6 Å². The quantitative estimate of drug-likeness (QED) is 0.0913. The fourth-order valence-electron chi connectivity index (χ4n) is 7.91. The van der Waals surface area contributed by atoms with Crippen molar-refractivity contribution in [3.05, 3.63) is 154 Å². The molecule has 30 nitrogen and oxygen atoms in total. The number of nitriles is 2. The van der Waals surface area contributed by atoms with E-state index in [1.807, 2.05) is 32.9 Å². The van der Waals surface area contributed by atoms with Crippen molar-refractivity contribution < 1.29 is 49.1 Å². The average Bonchev–Trinajstić information content (AvgIpc) is 4.53. The molecule has 0 atom stereocenters. The van der Waals surface area contributed by atoms with Gasteiger partial charge >= 0.3 is 17.9 Å². The van der Waals surface area contributed by atoms with Gasteiger partial charge in [-0.1, -0.05) is 0 Å². The molecule has 10 rings (SSSR count). The van der Waals surface area contributed by atoms with E-state index in [-0.39, 0.29) is 28.8 Å². The number of aromatic carboxylic acids is 2. The number of aliphatic hydroxyl groups is 2. The monoisotopic (exact) mass is 1140 g/mol. The average molecular weight is 1140 g/mol. The molecule has 0 aromatic carbocycles. The van der Waals surface area contributed by atoms with Crippen molar-refractivity contribution >= 4 is 41.1 Å². The standard InChI is InChI=1S/C12H14N4O2.C12H10N4O2.C11H12N4O2.C11H8N4O2.C8H8N4O2/c1-7-4-13-8(2)11(15-7)9-5-14-16(3)12(9)10(18)6-17;1-16-12(10(18)7-17)9(6-15-16)11-8(5-13)3-2-4-14-11;1-6-4-12-7(2)9(14-6)8-5-13-15(3)10(8)11(16)17;1-15-10(11(16)17)8(6-14-15)9-7(5-12)3-2-4-13-9;1-14-7(13)5-2-3-12-6(4-5)10-8(9)11-12/h4-5,17H,6H2,1-3H3;2-4,6,17H,7H2,1H3;4-5H,1-3H3,(H,16,17);2-4,6H,1H3,(H,16,17);2-4H,1H3,(H2,9,11). The number of hydrogen-bond acceptors (Lipinski definition) is 23. The highest BCUT2D eigenvalue weighted by Gasteiger charge is 2.24. The van der Waals surface area contributed by atoms with Crippen LogP contribution < -0.4 is 5.73 Å². The summed E-state index contributed by atoms with van der Waals surface area (Å²) in [5.74, 6) is -3.20. The Morgan fingerprint density at radius 2 is 0.964 bits per heavy atom. The predicted octanol–water partition coefficient (Wildman–Crippen LogP) is 3.54. The number of fused-ring (bicyclic) bond motifs is 1. The second-order valence-corrected chi connectivity index (χ2v) is 17.5. The highest BCUT2D eigenvalue weighted by molar-refractivity contribution is 6.02. The number of carboxylic acid groups (broad SMARTS) is 2. The maximum Gasteiger partial charge on any atom is 0.354 e. The fraction of sp³-hybridized carbons (Fsp3) is 0.204. The van der Waals surface area contributed by atoms with Crippen LogP contribution in [0.25, 0.3) is 50.7 Å². The van der Waals surface area contributed by atoms with Gasteiger partial charge in [-0.3, -0.25) is 48.3 Å². The Balaban J connectivity index is 0.000000169. The highest BCUT2D eigenvalue weighted by Crippen LogP contribution is 2.28. The number of nitrogens with zero attached hydrogens (tertiary/aromatic N) is 19. The lowest BCUT2D eigenvalue weighted by atomic mass is 10.1. The molecule has 10 heterocycles. The summed E-state index contributed by atoms with van der Waals surface area (Å²) in [7, 11) is 7.70. The molecule has 0 unspecified atom stereocenters. The van der Waals surface area contributed by atoms with Crippen molar-refractivity contribution in [3.8, 4) is 57.2 Å². The number of carbonyl (C=O) groups is 5. The van der Waals surface area contributed by atoms with E-state index in [0.29, 0.717) is 78.8 Å². The highest BCUT2D eigenvalue weighted by atomic mass is 16.5. The minimum absolute atomic E-state index is 0.0141. The summed E-state index contributed by atoms with van der Waals surface area (Å²) in [5.41, 5.74) is 14.5. The fourth-order valence-corrected chi connectivity index (χ4v) is 7.91. The second-order valence-electron chi connectivity index (χ2n) is 17.5. The maximum atomic E-state index is 11.7. The third-order valence-electron chi connectivity index (χ3n) is 11.8. The lowest BCUT2D eigenvalue weighted by Crippen LogP contribution is -2.12. The Bertz CT molecular complexity index is 4180. The van der Waals surface area contributed by atoms with Crippen LogP contribution in [0.15, 0.2) is 92.2 Å². The molecule has 6 N–H and O–H groups in total. The van der Waals surface area contributed by atoms with Crippen molar-refractivity contribution in [2.24, 2.45) is 28.2 Å². The van der Waals surface area contributed by atoms with Gasteiger partial charge in [-0.05, 0) is 64.1 Å². The number of esters is 1. The zero-order valence-electron chi connectivity index (χ0n) is 46.4. The normalized spacial score (nSPS) is 10.3. The molecule has 10 aromatic rings. The summed E-state index contributed by atoms with van der Waals surface area (Å²) < 4.78 is 11.4. The van der Waals surface area contributed by atoms with E-state index in [1.54, 1.807) is 89.3 Å². The van der Waals surface area contributed by atoms with E-state index in [1.165, 1.54) is 68.4 Å². The molecule has 0 amide bonds. The first kappa shape index (κ1) is 61.6. The number of aromatic nitrogens is 17. The minimum atomic E-state index is -1.10. The van der Waals surface area contributed by atoms with E-state index in [9.17, 15) is 24.0 Å². The van der Waals surface area contributed by atoms with E-state index in [4.69, 9.17) is 36.7 Å². The van der Waals surface area contributed by atoms with Crippen LogP contribution >= 0.6 is 0 Å². The lowest BCUT2D eigenvalue weighted by Gasteiger charge is -2.06. The summed E-state index contributed by atoms with van der Waals surface area (Å²) >= 11 is 0. The van der Waals surface area contributed by atoms with E-state index < -0.39 is 36.9 Å². The number of Topliss-reactive ketones (excluding diaryl/α,β-unsaturated/α-hetero) is 2. The molecule has 428 valence electrons. The van der Waals surface area contributed by atoms with Crippen molar-refractivity contribution in [2.75, 3.05) is 26.1 Å². The van der Waals surface area contributed by atoms with Gasteiger partial charge in [0.1, 0.15) is 36.7 Å². The number of nitrogen functional groups attached to an aromatic ring is 1. The number of methoxy groups -OCH3 is 1. The van der Waals surface area contributed by atoms with Crippen molar-refractivity contribution in [3.63, 3.8) is 0 Å². The molecule has 0 spiro atoms. The van der Waals surface area contributed by atoms with E-state index in [2.05, 4.69) is 65.1 Å². The molecule has 0 aliphatic heterocycles. The Hall–Kier alpha value is -11.6. The number of aliphatic hydroxyl groups excluding tert-OH is 2. The van der Waals surface area contributed by atoms with E-state index in [0.717, 1.165) is 17.1 Å². The molecule has 0 bridgehead atoms. The van der Waals surface area contributed by atoms with Gasteiger partial charge in [-0.15, -0.1) is 5.10 Å². The van der Waals surface area contributed by atoms with Crippen LogP contribution in [-0.4, -0.2) is 154 Å². The van der Waals surface area contributed by atoms with Crippen molar-refractivity contribution in [2.45, 2.75) is 27.7 Å². The minimum Gasteiger partial charge on any atom is -0.477 e. The number of carboxylic acids is 2. The number of carbonyl (C=O) groups excluding carboxylic acids is 3. The van der Waals surface area contributed by atoms with Crippen LogP contribution in [-0.2, 0) is 32.9 Å². The molecule has 0 aliphatic carbocycles. The molecular formula is C54H52N20O10. The third-order valence-corrected chi connectivity index (χ3v) is 11.8. The van der Waals surface area contributed by atoms with Gasteiger partial charge in [0.15, 0.2) is 17.0 Å².